The summed E-state index contributed by atoms with van der Waals surface area (Å²) >= 11 is 2.33. The number of halogens is 1. The molecule has 0 aliphatic heterocycles. The number of hydrogen-bond acceptors (Lipinski definition) is 3. The van der Waals surface area contributed by atoms with Crippen LogP contribution in [0.2, 0.25) is 0 Å². The van der Waals surface area contributed by atoms with E-state index in [1.807, 2.05) is 0 Å². The quantitative estimate of drug-likeness (QED) is 0.457. The van der Waals surface area contributed by atoms with Crippen molar-refractivity contribution in [3.63, 3.8) is 0 Å². The molecule has 22 heavy (non-hydrogen) atoms. The molecular weight excluding hydrogens is 389 g/mol. The molecule has 0 radical (unpaired) electrons. The number of aliphatic hydroxyl groups is 1. The maximum Gasteiger partial charge on any atom is 0.106 e. The van der Waals surface area contributed by atoms with E-state index in [-0.39, 0.29) is 12.0 Å². The van der Waals surface area contributed by atoms with Crippen LogP contribution in [0.4, 0.5) is 0 Å². The number of fused-ring (bicyclic) bond motifs is 2. The van der Waals surface area contributed by atoms with Gasteiger partial charge in [-0.15, -0.1) is 0 Å². The fraction of sp³-hybridized carbons (Fsp3) is 0.500. The van der Waals surface area contributed by atoms with Crippen molar-refractivity contribution >= 4 is 33.9 Å². The van der Waals surface area contributed by atoms with Gasteiger partial charge in [0.1, 0.15) is 7.11 Å². The lowest BCUT2D eigenvalue weighted by atomic mass is 9.77. The summed E-state index contributed by atoms with van der Waals surface area (Å²) in [6, 6.07) is 8.67. The van der Waals surface area contributed by atoms with E-state index in [1.165, 1.54) is 20.3 Å². The summed E-state index contributed by atoms with van der Waals surface area (Å²) in [5.41, 5.74) is 4.83. The van der Waals surface area contributed by atoms with Gasteiger partial charge >= 0.3 is 0 Å². The highest BCUT2D eigenvalue weighted by Crippen LogP contribution is 2.49. The van der Waals surface area contributed by atoms with Gasteiger partial charge in [0.05, 0.1) is 11.8 Å². The molecule has 0 saturated heterocycles. The Kier molecular flexibility index (Phi) is 4.88. The van der Waals surface area contributed by atoms with Crippen LogP contribution in [0.1, 0.15) is 38.2 Å². The fourth-order valence-electron chi connectivity index (χ4n) is 3.94. The Hall–Kier alpha value is -0.880. The van der Waals surface area contributed by atoms with Gasteiger partial charge in [0, 0.05) is 9.49 Å². The highest BCUT2D eigenvalue weighted by molar-refractivity contribution is 14.1. The molecule has 2 aliphatic rings. The lowest BCUT2D eigenvalue weighted by Crippen LogP contribution is -2.23. The lowest BCUT2D eigenvalue weighted by molar-refractivity contribution is 0.149. The van der Waals surface area contributed by atoms with E-state index in [0.717, 1.165) is 31.4 Å². The zero-order chi connectivity index (χ0) is 15.7. The van der Waals surface area contributed by atoms with Crippen LogP contribution in [0.15, 0.2) is 35.0 Å². The largest absolute Gasteiger partial charge is 0.399 e. The van der Waals surface area contributed by atoms with Gasteiger partial charge in [0.15, 0.2) is 0 Å². The average molecular weight is 411 g/mol. The Labute approximate surface area is 145 Å². The van der Waals surface area contributed by atoms with Gasteiger partial charge in [0.25, 0.3) is 0 Å². The predicted octanol–water partition coefficient (Wildman–Crippen LogP) is 4.25. The first-order chi connectivity index (χ1) is 10.6. The van der Waals surface area contributed by atoms with Crippen molar-refractivity contribution in [1.82, 2.24) is 0 Å². The van der Waals surface area contributed by atoms with Crippen LogP contribution >= 0.6 is 22.6 Å². The van der Waals surface area contributed by atoms with Crippen molar-refractivity contribution in [1.29, 1.82) is 0 Å². The van der Waals surface area contributed by atoms with Gasteiger partial charge in [-0.25, -0.2) is 0 Å². The number of oxime groups is 1. The second kappa shape index (κ2) is 6.71. The molecule has 2 unspecified atom stereocenters. The van der Waals surface area contributed by atoms with Gasteiger partial charge in [-0.2, -0.15) is 0 Å². The molecule has 3 nitrogen and oxygen atoms in total. The minimum atomic E-state index is -0.241. The van der Waals surface area contributed by atoms with Crippen molar-refractivity contribution in [2.45, 2.75) is 38.7 Å². The number of aliphatic hydroxyl groups excluding tert-OH is 1. The molecule has 1 aromatic rings. The first-order valence-electron chi connectivity index (χ1n) is 7.91. The normalized spacial score (nSPS) is 28.2. The van der Waals surface area contributed by atoms with E-state index in [4.69, 9.17) is 4.84 Å². The predicted molar refractivity (Wildman–Crippen MR) is 97.7 cm³/mol. The molecule has 118 valence electrons. The zero-order valence-electron chi connectivity index (χ0n) is 13.1. The van der Waals surface area contributed by atoms with Crippen LogP contribution in [0.5, 0.6) is 0 Å². The minimum absolute atomic E-state index is 0.210. The summed E-state index contributed by atoms with van der Waals surface area (Å²) in [7, 11) is 1.59. The highest BCUT2D eigenvalue weighted by atomic mass is 127. The molecule has 1 N–H and O–H groups in total. The van der Waals surface area contributed by atoms with E-state index in [1.54, 1.807) is 7.11 Å². The molecule has 2 aliphatic carbocycles. The summed E-state index contributed by atoms with van der Waals surface area (Å²) in [5, 5.41) is 14.7. The van der Waals surface area contributed by atoms with E-state index in [9.17, 15) is 5.11 Å². The molecule has 3 atom stereocenters. The molecule has 0 aromatic heterocycles. The average Bonchev–Trinajstić information content (AvgIpc) is 2.81. The molecule has 0 spiro atoms. The molecular formula is C18H22INO2. The van der Waals surface area contributed by atoms with E-state index < -0.39 is 0 Å². The minimum Gasteiger partial charge on any atom is -0.399 e. The molecule has 0 heterocycles. The van der Waals surface area contributed by atoms with Crippen molar-refractivity contribution in [2.24, 2.45) is 17.0 Å². The highest BCUT2D eigenvalue weighted by Gasteiger charge is 2.42. The molecule has 1 saturated carbocycles. The number of allylic oxidation sites excluding steroid dienone is 1. The van der Waals surface area contributed by atoms with Crippen molar-refractivity contribution in [2.75, 3.05) is 7.11 Å². The van der Waals surface area contributed by atoms with Crippen LogP contribution in [0.3, 0.4) is 0 Å². The lowest BCUT2D eigenvalue weighted by Gasteiger charge is -2.28. The summed E-state index contributed by atoms with van der Waals surface area (Å²) in [4.78, 5) is 5.06. The number of nitrogens with zero attached hydrogens (tertiary/aromatic N) is 1. The van der Waals surface area contributed by atoms with Crippen LogP contribution < -0.4 is 0 Å². The molecule has 1 fully saturated rings. The second-order valence-corrected chi connectivity index (χ2v) is 7.43. The molecule has 4 heteroatoms. The first-order valence-corrected chi connectivity index (χ1v) is 8.99. The zero-order valence-corrected chi connectivity index (χ0v) is 15.2. The number of hydrogen-bond donors (Lipinski definition) is 1. The van der Waals surface area contributed by atoms with E-state index in [0.29, 0.717) is 5.92 Å². The maximum absolute atomic E-state index is 10.5. The fourth-order valence-corrected chi connectivity index (χ4v) is 4.30. The second-order valence-electron chi connectivity index (χ2n) is 6.19. The van der Waals surface area contributed by atoms with Gasteiger partial charge in [-0.3, -0.25) is 0 Å². The molecule has 1 aromatic carbocycles. The van der Waals surface area contributed by atoms with Crippen molar-refractivity contribution in [3.05, 3.63) is 39.0 Å². The SMILES string of the molecule is CCC(=NOC)C1=C(c2ccc(I)cc2)CC2CC(O)[C@@H]1C2. The molecule has 3 rings (SSSR count). The monoisotopic (exact) mass is 411 g/mol. The maximum atomic E-state index is 10.5. The third kappa shape index (κ3) is 2.95. The van der Waals surface area contributed by atoms with E-state index in [2.05, 4.69) is 58.9 Å². The Balaban J connectivity index is 2.12. The van der Waals surface area contributed by atoms with E-state index >= 15 is 0 Å². The molecule has 2 bridgehead atoms. The number of benzene rings is 1. The van der Waals surface area contributed by atoms with Gasteiger partial charge in [-0.05, 0) is 83.0 Å². The van der Waals surface area contributed by atoms with Gasteiger partial charge < -0.3 is 9.94 Å². The van der Waals surface area contributed by atoms with Crippen LogP contribution in [-0.2, 0) is 4.84 Å². The third-order valence-corrected chi connectivity index (χ3v) is 5.57. The standard InChI is InChI=1S/C18H22INO2/c1-3-16(20-22-2)18-14(12-4-6-13(19)7-5-12)8-11-9-15(18)17(21)10-11/h4-7,11,15,17,21H,3,8-10H2,1-2H3/t11?,15-,17?/m0/s1. The Morgan fingerprint density at radius 2 is 2.05 bits per heavy atom. The third-order valence-electron chi connectivity index (χ3n) is 4.86. The van der Waals surface area contributed by atoms with Crippen LogP contribution in [-0.4, -0.2) is 24.0 Å². The summed E-state index contributed by atoms with van der Waals surface area (Å²) in [5.74, 6) is 0.806. The summed E-state index contributed by atoms with van der Waals surface area (Å²) in [6.45, 7) is 2.10. The number of rotatable bonds is 4. The van der Waals surface area contributed by atoms with Gasteiger partial charge in [0.2, 0.25) is 0 Å². The Bertz CT molecular complexity index is 606. The van der Waals surface area contributed by atoms with Crippen molar-refractivity contribution < 1.29 is 9.94 Å². The molecule has 0 amide bonds. The smallest absolute Gasteiger partial charge is 0.106 e. The summed E-state index contributed by atoms with van der Waals surface area (Å²) < 4.78 is 1.24. The Morgan fingerprint density at radius 3 is 2.68 bits per heavy atom. The summed E-state index contributed by atoms with van der Waals surface area (Å²) in [6.07, 6.45) is 3.60. The topological polar surface area (TPSA) is 41.8 Å². The van der Waals surface area contributed by atoms with Crippen LogP contribution in [0, 0.1) is 15.4 Å². The van der Waals surface area contributed by atoms with Crippen LogP contribution in [0.25, 0.3) is 5.57 Å². The van der Waals surface area contributed by atoms with Crippen molar-refractivity contribution in [3.8, 4) is 0 Å². The Morgan fingerprint density at radius 1 is 1.32 bits per heavy atom. The first kappa shape index (κ1) is 16.0. The van der Waals surface area contributed by atoms with Gasteiger partial charge in [-0.1, -0.05) is 24.2 Å².